The van der Waals surface area contributed by atoms with E-state index in [1.54, 1.807) is 0 Å². The highest BCUT2D eigenvalue weighted by Gasteiger charge is 2.17. The lowest BCUT2D eigenvalue weighted by atomic mass is 10.1. The molecule has 2 heterocycles. The number of para-hydroxylation sites is 1. The Balaban J connectivity index is 2.06. The predicted molar refractivity (Wildman–Crippen MR) is 82.5 cm³/mol. The first-order valence-electron chi connectivity index (χ1n) is 6.83. The zero-order chi connectivity index (χ0) is 14.1. The van der Waals surface area contributed by atoms with Crippen molar-refractivity contribution < 1.29 is 0 Å². The van der Waals surface area contributed by atoms with E-state index in [-0.39, 0.29) is 5.84 Å². The summed E-state index contributed by atoms with van der Waals surface area (Å²) in [5, 5.41) is 8.73. The number of nitrogens with zero attached hydrogens (tertiary/aromatic N) is 3. The zero-order valence-corrected chi connectivity index (χ0v) is 11.6. The van der Waals surface area contributed by atoms with Crippen LogP contribution in [0.4, 0.5) is 5.82 Å². The maximum Gasteiger partial charge on any atom is 0.130 e. The first kappa shape index (κ1) is 12.9. The fourth-order valence-corrected chi connectivity index (χ4v) is 2.58. The van der Waals surface area contributed by atoms with Crippen LogP contribution in [0.2, 0.25) is 0 Å². The molecule has 0 radical (unpaired) electrons. The second-order valence-electron chi connectivity index (χ2n) is 5.25. The molecule has 1 aliphatic rings. The highest BCUT2D eigenvalue weighted by molar-refractivity contribution is 6.07. The van der Waals surface area contributed by atoms with Crippen molar-refractivity contribution in [3.05, 3.63) is 35.9 Å². The highest BCUT2D eigenvalue weighted by Crippen LogP contribution is 2.23. The monoisotopic (exact) mass is 269 g/mol. The van der Waals surface area contributed by atoms with Crippen LogP contribution in [0.3, 0.4) is 0 Å². The van der Waals surface area contributed by atoms with Crippen LogP contribution in [0.1, 0.15) is 5.56 Å². The van der Waals surface area contributed by atoms with Crippen LogP contribution in [0.25, 0.3) is 10.9 Å². The molecule has 3 rings (SSSR count). The molecule has 0 saturated carbocycles. The van der Waals surface area contributed by atoms with Gasteiger partial charge in [-0.3, -0.25) is 5.41 Å². The number of likely N-dealkylation sites (N-methyl/N-ethyl adjacent to an activating group) is 1. The van der Waals surface area contributed by atoms with Crippen molar-refractivity contribution in [3.8, 4) is 0 Å². The molecule has 1 aromatic carbocycles. The van der Waals surface area contributed by atoms with E-state index >= 15 is 0 Å². The van der Waals surface area contributed by atoms with Gasteiger partial charge in [-0.25, -0.2) is 4.98 Å². The molecular formula is C15H19N5. The van der Waals surface area contributed by atoms with Crippen molar-refractivity contribution in [2.24, 2.45) is 5.73 Å². The Morgan fingerprint density at radius 1 is 1.20 bits per heavy atom. The number of nitrogens with one attached hydrogen (secondary N) is 1. The number of pyridine rings is 1. The molecule has 0 aliphatic carbocycles. The smallest absolute Gasteiger partial charge is 0.130 e. The summed E-state index contributed by atoms with van der Waals surface area (Å²) in [6.45, 7) is 3.98. The fourth-order valence-electron chi connectivity index (χ4n) is 2.58. The largest absolute Gasteiger partial charge is 0.384 e. The number of hydrogen-bond donors (Lipinski definition) is 2. The van der Waals surface area contributed by atoms with Crippen LogP contribution < -0.4 is 10.6 Å². The molecule has 1 fully saturated rings. The van der Waals surface area contributed by atoms with Crippen molar-refractivity contribution >= 4 is 22.6 Å². The summed E-state index contributed by atoms with van der Waals surface area (Å²) < 4.78 is 0. The van der Waals surface area contributed by atoms with Crippen LogP contribution in [0.15, 0.2) is 30.3 Å². The lowest BCUT2D eigenvalue weighted by molar-refractivity contribution is 0.312. The molecule has 1 aromatic heterocycles. The summed E-state index contributed by atoms with van der Waals surface area (Å²) in [4.78, 5) is 9.29. The summed E-state index contributed by atoms with van der Waals surface area (Å²) in [6, 6.07) is 9.79. The first-order chi connectivity index (χ1) is 9.65. The van der Waals surface area contributed by atoms with Crippen LogP contribution >= 0.6 is 0 Å². The maximum absolute atomic E-state index is 7.78. The van der Waals surface area contributed by atoms with Gasteiger partial charge < -0.3 is 15.5 Å². The Kier molecular flexibility index (Phi) is 3.28. The average Bonchev–Trinajstić information content (AvgIpc) is 2.46. The number of anilines is 1. The van der Waals surface area contributed by atoms with E-state index in [2.05, 4.69) is 16.8 Å². The SMILES string of the molecule is CN1CCN(c2cc(C(=N)N)c3ccccc3n2)CC1. The van der Waals surface area contributed by atoms with Gasteiger partial charge in [-0.05, 0) is 19.2 Å². The molecule has 0 atom stereocenters. The van der Waals surface area contributed by atoms with E-state index in [0.29, 0.717) is 0 Å². The minimum absolute atomic E-state index is 0.0963. The molecule has 0 amide bonds. The molecule has 20 heavy (non-hydrogen) atoms. The molecule has 1 aliphatic heterocycles. The second-order valence-corrected chi connectivity index (χ2v) is 5.25. The van der Waals surface area contributed by atoms with Gasteiger partial charge >= 0.3 is 0 Å². The Morgan fingerprint density at radius 2 is 1.90 bits per heavy atom. The second kappa shape index (κ2) is 5.09. The molecule has 1 saturated heterocycles. The third-order valence-corrected chi connectivity index (χ3v) is 3.82. The molecular weight excluding hydrogens is 250 g/mol. The van der Waals surface area contributed by atoms with Gasteiger partial charge in [-0.15, -0.1) is 0 Å². The molecule has 0 spiro atoms. The van der Waals surface area contributed by atoms with Crippen LogP contribution in [0.5, 0.6) is 0 Å². The van der Waals surface area contributed by atoms with Gasteiger partial charge in [-0.2, -0.15) is 0 Å². The van der Waals surface area contributed by atoms with Gasteiger partial charge in [0.15, 0.2) is 0 Å². The molecule has 104 valence electrons. The summed E-state index contributed by atoms with van der Waals surface area (Å²) in [5.41, 5.74) is 7.39. The van der Waals surface area contributed by atoms with Gasteiger partial charge in [0.1, 0.15) is 11.7 Å². The quantitative estimate of drug-likeness (QED) is 0.636. The summed E-state index contributed by atoms with van der Waals surface area (Å²) in [5.74, 6) is 1.01. The van der Waals surface area contributed by atoms with E-state index in [1.165, 1.54) is 0 Å². The van der Waals surface area contributed by atoms with Crippen LogP contribution in [-0.4, -0.2) is 48.9 Å². The third kappa shape index (κ3) is 2.32. The van der Waals surface area contributed by atoms with E-state index in [9.17, 15) is 0 Å². The Bertz CT molecular complexity index is 644. The number of benzene rings is 1. The first-order valence-corrected chi connectivity index (χ1v) is 6.83. The van der Waals surface area contributed by atoms with Gasteiger partial charge in [0.05, 0.1) is 5.52 Å². The third-order valence-electron chi connectivity index (χ3n) is 3.82. The van der Waals surface area contributed by atoms with Crippen molar-refractivity contribution in [1.29, 1.82) is 5.41 Å². The molecule has 3 N–H and O–H groups in total. The van der Waals surface area contributed by atoms with Crippen molar-refractivity contribution in [2.75, 3.05) is 38.1 Å². The van der Waals surface area contributed by atoms with Crippen molar-refractivity contribution in [3.63, 3.8) is 0 Å². The number of nitrogen functional groups attached to an aromatic ring is 1. The lowest BCUT2D eigenvalue weighted by Crippen LogP contribution is -2.44. The van der Waals surface area contributed by atoms with Crippen molar-refractivity contribution in [1.82, 2.24) is 9.88 Å². The molecule has 0 unspecified atom stereocenters. The number of fused-ring (bicyclic) bond motifs is 1. The van der Waals surface area contributed by atoms with Gasteiger partial charge in [0.25, 0.3) is 0 Å². The predicted octanol–water partition coefficient (Wildman–Crippen LogP) is 1.27. The average molecular weight is 269 g/mol. The summed E-state index contributed by atoms with van der Waals surface area (Å²) in [7, 11) is 2.13. The van der Waals surface area contributed by atoms with Gasteiger partial charge in [0, 0.05) is 37.1 Å². The van der Waals surface area contributed by atoms with E-state index in [0.717, 1.165) is 48.5 Å². The Labute approximate surface area is 118 Å². The normalized spacial score (nSPS) is 16.6. The zero-order valence-electron chi connectivity index (χ0n) is 11.6. The molecule has 0 bridgehead atoms. The summed E-state index contributed by atoms with van der Waals surface area (Å²) in [6.07, 6.45) is 0. The van der Waals surface area contributed by atoms with Gasteiger partial charge in [0.2, 0.25) is 0 Å². The number of hydrogen-bond acceptors (Lipinski definition) is 4. The van der Waals surface area contributed by atoms with Crippen LogP contribution in [-0.2, 0) is 0 Å². The minimum Gasteiger partial charge on any atom is -0.384 e. The molecule has 2 aromatic rings. The van der Waals surface area contributed by atoms with Crippen molar-refractivity contribution in [2.45, 2.75) is 0 Å². The van der Waals surface area contributed by atoms with E-state index < -0.39 is 0 Å². The highest BCUT2D eigenvalue weighted by atomic mass is 15.3. The van der Waals surface area contributed by atoms with Crippen LogP contribution in [0, 0.1) is 5.41 Å². The number of amidine groups is 1. The Hall–Kier alpha value is -2.14. The topological polar surface area (TPSA) is 69.2 Å². The fraction of sp³-hybridized carbons (Fsp3) is 0.333. The van der Waals surface area contributed by atoms with E-state index in [1.807, 2.05) is 30.3 Å². The number of nitrogens with two attached hydrogens (primary N) is 1. The summed E-state index contributed by atoms with van der Waals surface area (Å²) >= 11 is 0. The molecule has 5 nitrogen and oxygen atoms in total. The number of aromatic nitrogens is 1. The standard InChI is InChI=1S/C15H19N5/c1-19-6-8-20(9-7-19)14-10-12(15(16)17)11-4-2-3-5-13(11)18-14/h2-5,10H,6-9H2,1H3,(H3,16,17). The van der Waals surface area contributed by atoms with Gasteiger partial charge in [-0.1, -0.05) is 18.2 Å². The minimum atomic E-state index is 0.0963. The number of rotatable bonds is 2. The Morgan fingerprint density at radius 3 is 2.60 bits per heavy atom. The van der Waals surface area contributed by atoms with E-state index in [4.69, 9.17) is 16.1 Å². The lowest BCUT2D eigenvalue weighted by Gasteiger charge is -2.33. The molecule has 5 heteroatoms. The maximum atomic E-state index is 7.78. The number of piperazine rings is 1.